The number of carbonyl (C=O) groups excluding carboxylic acids is 2. The first-order chi connectivity index (χ1) is 20.8. The van der Waals surface area contributed by atoms with Crippen LogP contribution in [0.4, 0.5) is 32.0 Å². The fourth-order valence-electron chi connectivity index (χ4n) is 6.22. The number of likely N-dealkylation sites (tertiary alicyclic amines) is 1. The summed E-state index contributed by atoms with van der Waals surface area (Å²) < 4.78 is 84.3. The fraction of sp³-hybridized carbons (Fsp3) is 0.548. The van der Waals surface area contributed by atoms with Crippen LogP contribution in [0.5, 0.6) is 5.75 Å². The minimum Gasteiger partial charge on any atom is -0.406 e. The number of benzene rings is 2. The summed E-state index contributed by atoms with van der Waals surface area (Å²) in [6.07, 6.45) is -7.30. The van der Waals surface area contributed by atoms with Crippen LogP contribution in [0.2, 0.25) is 5.02 Å². The highest BCUT2D eigenvalue weighted by Gasteiger charge is 2.62. The van der Waals surface area contributed by atoms with E-state index in [0.717, 1.165) is 61.1 Å². The number of carbonyl (C=O) groups is 2. The summed E-state index contributed by atoms with van der Waals surface area (Å²) in [4.78, 5) is 30.1. The van der Waals surface area contributed by atoms with Gasteiger partial charge in [0, 0.05) is 51.5 Å². The summed E-state index contributed by atoms with van der Waals surface area (Å²) in [6, 6.07) is 8.15. The third-order valence-electron chi connectivity index (χ3n) is 8.81. The van der Waals surface area contributed by atoms with E-state index in [0.29, 0.717) is 35.4 Å². The van der Waals surface area contributed by atoms with Crippen molar-refractivity contribution >= 4 is 29.1 Å². The van der Waals surface area contributed by atoms with Gasteiger partial charge >= 0.3 is 12.5 Å². The summed E-state index contributed by atoms with van der Waals surface area (Å²) in [6.45, 7) is 3.48. The van der Waals surface area contributed by atoms with Crippen LogP contribution in [-0.2, 0) is 10.4 Å². The predicted molar refractivity (Wildman–Crippen MR) is 156 cm³/mol. The van der Waals surface area contributed by atoms with Crippen molar-refractivity contribution in [3.05, 3.63) is 58.6 Å². The molecular formula is C31H36ClF6N3O4. The monoisotopic (exact) mass is 663 g/mol. The first-order valence-corrected chi connectivity index (χ1v) is 14.9. The minimum absolute atomic E-state index is 0.0399. The topological polar surface area (TPSA) is 73.3 Å². The van der Waals surface area contributed by atoms with Crippen molar-refractivity contribution < 1.29 is 45.8 Å². The molecule has 2 amide bonds. The quantitative estimate of drug-likeness (QED) is 0.337. The third-order valence-corrected chi connectivity index (χ3v) is 9.13. The standard InChI is InChI=1S/C31H36ClF6N3O4/c1-28(19-20-9-13-40(14-10-20)22-7-8-24(25(32)18-22)26(42)39(2)3)11-15-41(16-12-28)27(43)29(44,30(33,34)35)21-5-4-6-23(17-21)45-31(36,37)38/h4-8,17-18,20,44H,9-16,19H2,1-3H3. The first-order valence-electron chi connectivity index (χ1n) is 14.5. The zero-order chi connectivity index (χ0) is 33.4. The Kier molecular flexibility index (Phi) is 9.94. The molecule has 2 saturated heterocycles. The Morgan fingerprint density at radius 3 is 2.16 bits per heavy atom. The lowest BCUT2D eigenvalue weighted by atomic mass is 9.71. The second-order valence-electron chi connectivity index (χ2n) is 12.4. The Balaban J connectivity index is 1.37. The van der Waals surface area contributed by atoms with E-state index in [4.69, 9.17) is 11.6 Å². The van der Waals surface area contributed by atoms with Crippen molar-refractivity contribution in [1.29, 1.82) is 0 Å². The maximum Gasteiger partial charge on any atom is 0.573 e. The molecule has 0 saturated carbocycles. The van der Waals surface area contributed by atoms with Gasteiger partial charge in [0.05, 0.1) is 10.6 Å². The fourth-order valence-corrected chi connectivity index (χ4v) is 6.47. The molecular weight excluding hydrogens is 628 g/mol. The lowest BCUT2D eigenvalue weighted by Crippen LogP contribution is -2.57. The highest BCUT2D eigenvalue weighted by atomic mass is 35.5. The molecule has 0 aromatic heterocycles. The molecule has 1 atom stereocenters. The van der Waals surface area contributed by atoms with Gasteiger partial charge in [0.2, 0.25) is 0 Å². The molecule has 0 spiro atoms. The Labute approximate surface area is 262 Å². The van der Waals surface area contributed by atoms with E-state index in [9.17, 15) is 41.0 Å². The molecule has 14 heteroatoms. The third kappa shape index (κ3) is 7.79. The predicted octanol–water partition coefficient (Wildman–Crippen LogP) is 6.63. The lowest BCUT2D eigenvalue weighted by molar-refractivity contribution is -0.274. The largest absolute Gasteiger partial charge is 0.573 e. The van der Waals surface area contributed by atoms with Gasteiger partial charge in [-0.05, 0) is 73.8 Å². The number of aliphatic hydroxyl groups is 1. The SMILES string of the molecule is CN(C)C(=O)c1ccc(N2CCC(CC3(C)CCN(C(=O)C(O)(c4cccc(OC(F)(F)F)c4)C(F)(F)F)CC3)CC2)cc1Cl. The van der Waals surface area contributed by atoms with Gasteiger partial charge in [0.1, 0.15) is 5.75 Å². The van der Waals surface area contributed by atoms with Crippen molar-refractivity contribution in [3.8, 4) is 5.75 Å². The zero-order valence-electron chi connectivity index (χ0n) is 25.1. The van der Waals surface area contributed by atoms with Crippen LogP contribution >= 0.6 is 11.6 Å². The maximum atomic E-state index is 14.2. The van der Waals surface area contributed by atoms with Crippen LogP contribution in [0.3, 0.4) is 0 Å². The summed E-state index contributed by atoms with van der Waals surface area (Å²) in [5, 5.41) is 11.1. The van der Waals surface area contributed by atoms with Crippen LogP contribution in [0.25, 0.3) is 0 Å². The van der Waals surface area contributed by atoms with Gasteiger partial charge in [0.25, 0.3) is 17.4 Å². The number of anilines is 1. The van der Waals surface area contributed by atoms with E-state index in [1.165, 1.54) is 4.90 Å². The second-order valence-corrected chi connectivity index (χ2v) is 12.8. The zero-order valence-corrected chi connectivity index (χ0v) is 25.9. The highest BCUT2D eigenvalue weighted by molar-refractivity contribution is 6.34. The Morgan fingerprint density at radius 1 is 1.00 bits per heavy atom. The van der Waals surface area contributed by atoms with Crippen LogP contribution in [-0.4, -0.2) is 79.5 Å². The van der Waals surface area contributed by atoms with Crippen LogP contribution < -0.4 is 9.64 Å². The van der Waals surface area contributed by atoms with E-state index < -0.39 is 35.4 Å². The average molecular weight is 664 g/mol. The van der Waals surface area contributed by atoms with E-state index in [2.05, 4.69) is 9.64 Å². The van der Waals surface area contributed by atoms with Crippen molar-refractivity contribution in [2.24, 2.45) is 11.3 Å². The van der Waals surface area contributed by atoms with Gasteiger partial charge in [-0.1, -0.05) is 30.7 Å². The molecule has 1 unspecified atom stereocenters. The van der Waals surface area contributed by atoms with Crippen molar-refractivity contribution in [1.82, 2.24) is 9.80 Å². The molecule has 45 heavy (non-hydrogen) atoms. The van der Waals surface area contributed by atoms with Gasteiger partial charge in [-0.3, -0.25) is 9.59 Å². The normalized spacial score (nSPS) is 19.2. The smallest absolute Gasteiger partial charge is 0.406 e. The number of nitrogens with zero attached hydrogens (tertiary/aromatic N) is 3. The number of halogens is 7. The molecule has 248 valence electrons. The van der Waals surface area contributed by atoms with Crippen molar-refractivity contribution in [2.75, 3.05) is 45.2 Å². The number of rotatable bonds is 7. The van der Waals surface area contributed by atoms with Gasteiger partial charge in [-0.15, -0.1) is 13.2 Å². The van der Waals surface area contributed by atoms with E-state index >= 15 is 0 Å². The second kappa shape index (κ2) is 12.9. The maximum absolute atomic E-state index is 14.2. The number of hydrogen-bond acceptors (Lipinski definition) is 5. The molecule has 7 nitrogen and oxygen atoms in total. The van der Waals surface area contributed by atoms with Gasteiger partial charge in [0.15, 0.2) is 0 Å². The number of alkyl halides is 6. The van der Waals surface area contributed by atoms with Crippen molar-refractivity contribution in [2.45, 2.75) is 57.2 Å². The van der Waals surface area contributed by atoms with Gasteiger partial charge < -0.3 is 24.5 Å². The van der Waals surface area contributed by atoms with E-state index in [-0.39, 0.29) is 24.4 Å². The molecule has 0 radical (unpaired) electrons. The summed E-state index contributed by atoms with van der Waals surface area (Å²) in [5.41, 5.74) is -4.01. The summed E-state index contributed by atoms with van der Waals surface area (Å²) >= 11 is 6.39. The van der Waals surface area contributed by atoms with Crippen molar-refractivity contribution in [3.63, 3.8) is 0 Å². The number of hydrogen-bond donors (Lipinski definition) is 1. The number of amides is 2. The molecule has 4 rings (SSSR count). The summed E-state index contributed by atoms with van der Waals surface area (Å²) in [7, 11) is 3.31. The van der Waals surface area contributed by atoms with E-state index in [1.54, 1.807) is 26.2 Å². The Bertz CT molecular complexity index is 1390. The van der Waals surface area contributed by atoms with E-state index in [1.807, 2.05) is 13.0 Å². The minimum atomic E-state index is -5.50. The molecule has 2 heterocycles. The molecule has 2 aromatic carbocycles. The Hall–Kier alpha value is -3.19. The van der Waals surface area contributed by atoms with Crippen LogP contribution in [0.1, 0.15) is 54.9 Å². The molecule has 0 aliphatic carbocycles. The summed E-state index contributed by atoms with van der Waals surface area (Å²) in [5.74, 6) is -2.44. The molecule has 1 N–H and O–H groups in total. The highest BCUT2D eigenvalue weighted by Crippen LogP contribution is 2.45. The molecule has 2 aliphatic heterocycles. The first kappa shape index (κ1) is 34.7. The van der Waals surface area contributed by atoms with Crippen LogP contribution in [0, 0.1) is 11.3 Å². The molecule has 2 aromatic rings. The number of piperidine rings is 2. The molecule has 0 bridgehead atoms. The molecule has 2 aliphatic rings. The lowest BCUT2D eigenvalue weighted by Gasteiger charge is -2.45. The number of ether oxygens (including phenoxy) is 1. The average Bonchev–Trinajstić information content (AvgIpc) is 2.95. The molecule has 2 fully saturated rings. The van der Waals surface area contributed by atoms with Gasteiger partial charge in [-0.25, -0.2) is 0 Å². The Morgan fingerprint density at radius 2 is 1.62 bits per heavy atom. The van der Waals surface area contributed by atoms with Gasteiger partial charge in [-0.2, -0.15) is 13.2 Å². The van der Waals surface area contributed by atoms with Crippen LogP contribution in [0.15, 0.2) is 42.5 Å².